The number of allylic oxidation sites excluding steroid dienone is 2. The highest BCUT2D eigenvalue weighted by Gasteiger charge is 2.11. The fourth-order valence-corrected chi connectivity index (χ4v) is 2.30. The average molecular weight is 263 g/mol. The molecule has 0 bridgehead atoms. The van der Waals surface area contributed by atoms with E-state index in [0.717, 1.165) is 25.8 Å². The fraction of sp³-hybridized carbons (Fsp3) is 0.400. The molecule has 0 fully saturated rings. The lowest BCUT2D eigenvalue weighted by molar-refractivity contribution is 0.0696. The predicted octanol–water partition coefficient (Wildman–Crippen LogP) is 2.97. The third kappa shape index (κ3) is 3.89. The molecule has 0 spiro atoms. The number of nitrogens with one attached hydrogen (secondary N) is 1. The summed E-state index contributed by atoms with van der Waals surface area (Å²) in [6.07, 6.45) is 7.69. The Bertz CT molecular complexity index is 485. The topological polar surface area (TPSA) is 49.3 Å². The Balaban J connectivity index is 1.89. The Morgan fingerprint density at radius 3 is 2.95 bits per heavy atom. The largest absolute Gasteiger partial charge is 0.478 e. The molecule has 1 aliphatic carbocycles. The average Bonchev–Trinajstić information content (AvgIpc) is 2.42. The lowest BCUT2D eigenvalue weighted by atomic mass is 9.94. The second-order valence-electron chi connectivity index (χ2n) is 4.89. The molecule has 1 aliphatic rings. The zero-order chi connectivity index (χ0) is 13.7. The maximum absolute atomic E-state index is 13.6. The van der Waals surface area contributed by atoms with Crippen LogP contribution in [0.15, 0.2) is 30.4 Å². The van der Waals surface area contributed by atoms with Crippen LogP contribution in [0.1, 0.15) is 35.2 Å². The van der Waals surface area contributed by atoms with Crippen LogP contribution in [-0.2, 0) is 6.54 Å². The van der Waals surface area contributed by atoms with Gasteiger partial charge in [-0.05, 0) is 49.9 Å². The van der Waals surface area contributed by atoms with E-state index in [1.807, 2.05) is 0 Å². The van der Waals surface area contributed by atoms with Crippen molar-refractivity contribution in [3.8, 4) is 0 Å². The molecule has 0 aliphatic heterocycles. The van der Waals surface area contributed by atoms with Gasteiger partial charge in [-0.25, -0.2) is 9.18 Å². The van der Waals surface area contributed by atoms with Gasteiger partial charge in [-0.15, -0.1) is 0 Å². The lowest BCUT2D eigenvalue weighted by Gasteiger charge is -2.18. The number of halogens is 1. The van der Waals surface area contributed by atoms with Gasteiger partial charge in [0.2, 0.25) is 0 Å². The first-order chi connectivity index (χ1) is 9.16. The number of carboxylic acids is 1. The summed E-state index contributed by atoms with van der Waals surface area (Å²) in [5.74, 6) is -0.796. The molecule has 4 heteroatoms. The van der Waals surface area contributed by atoms with E-state index < -0.39 is 5.97 Å². The van der Waals surface area contributed by atoms with Crippen LogP contribution in [0.5, 0.6) is 0 Å². The molecule has 1 atom stereocenters. The van der Waals surface area contributed by atoms with E-state index in [9.17, 15) is 9.18 Å². The van der Waals surface area contributed by atoms with Gasteiger partial charge in [0.25, 0.3) is 0 Å². The number of benzene rings is 1. The quantitative estimate of drug-likeness (QED) is 0.803. The van der Waals surface area contributed by atoms with Crippen LogP contribution in [0, 0.1) is 11.7 Å². The first-order valence-corrected chi connectivity index (χ1v) is 6.54. The van der Waals surface area contributed by atoms with Crippen molar-refractivity contribution in [2.24, 2.45) is 5.92 Å². The molecule has 1 aromatic carbocycles. The second kappa shape index (κ2) is 6.48. The fourth-order valence-electron chi connectivity index (χ4n) is 2.30. The van der Waals surface area contributed by atoms with Crippen molar-refractivity contribution in [1.82, 2.24) is 5.32 Å². The van der Waals surface area contributed by atoms with Crippen molar-refractivity contribution >= 4 is 5.97 Å². The van der Waals surface area contributed by atoms with Gasteiger partial charge in [-0.2, -0.15) is 0 Å². The first-order valence-electron chi connectivity index (χ1n) is 6.54. The van der Waals surface area contributed by atoms with Crippen molar-refractivity contribution in [2.75, 3.05) is 6.54 Å². The number of rotatable bonds is 5. The molecule has 2 rings (SSSR count). The maximum Gasteiger partial charge on any atom is 0.335 e. The van der Waals surface area contributed by atoms with E-state index in [0.29, 0.717) is 18.0 Å². The van der Waals surface area contributed by atoms with Gasteiger partial charge >= 0.3 is 5.97 Å². The summed E-state index contributed by atoms with van der Waals surface area (Å²) in [6, 6.07) is 3.89. The molecule has 0 aromatic heterocycles. The third-order valence-corrected chi connectivity index (χ3v) is 3.42. The highest BCUT2D eigenvalue weighted by Crippen LogP contribution is 2.17. The van der Waals surface area contributed by atoms with Crippen LogP contribution in [0.25, 0.3) is 0 Å². The SMILES string of the molecule is O=C(O)c1ccc(F)c(CNCC2CC=CCC2)c1. The summed E-state index contributed by atoms with van der Waals surface area (Å²) in [5, 5.41) is 12.1. The standard InChI is InChI=1S/C15H18FNO2/c16-14-7-6-12(15(18)19)8-13(14)10-17-9-11-4-2-1-3-5-11/h1-2,6-8,11,17H,3-5,9-10H2,(H,18,19). The summed E-state index contributed by atoms with van der Waals surface area (Å²) in [6.45, 7) is 1.20. The third-order valence-electron chi connectivity index (χ3n) is 3.42. The Labute approximate surface area is 112 Å². The number of aromatic carboxylic acids is 1. The molecule has 0 saturated carbocycles. The number of carboxylic acid groups (broad SMARTS) is 1. The van der Waals surface area contributed by atoms with Gasteiger partial charge in [-0.3, -0.25) is 0 Å². The predicted molar refractivity (Wildman–Crippen MR) is 71.5 cm³/mol. The highest BCUT2D eigenvalue weighted by molar-refractivity contribution is 5.87. The van der Waals surface area contributed by atoms with Crippen molar-refractivity contribution < 1.29 is 14.3 Å². The van der Waals surface area contributed by atoms with E-state index in [4.69, 9.17) is 5.11 Å². The molecule has 0 amide bonds. The minimum atomic E-state index is -1.03. The van der Waals surface area contributed by atoms with Crippen molar-refractivity contribution in [3.63, 3.8) is 0 Å². The van der Waals surface area contributed by atoms with Crippen molar-refractivity contribution in [3.05, 3.63) is 47.3 Å². The highest BCUT2D eigenvalue weighted by atomic mass is 19.1. The summed E-state index contributed by atoms with van der Waals surface area (Å²) < 4.78 is 13.6. The molecule has 1 unspecified atom stereocenters. The summed E-state index contributed by atoms with van der Waals surface area (Å²) in [7, 11) is 0. The van der Waals surface area contributed by atoms with Gasteiger partial charge in [0.1, 0.15) is 5.82 Å². The summed E-state index contributed by atoms with van der Waals surface area (Å²) >= 11 is 0. The molecule has 0 heterocycles. The first kappa shape index (κ1) is 13.7. The summed E-state index contributed by atoms with van der Waals surface area (Å²) in [5.41, 5.74) is 0.532. The molecule has 2 N–H and O–H groups in total. The smallest absolute Gasteiger partial charge is 0.335 e. The van der Waals surface area contributed by atoms with Crippen LogP contribution in [0.4, 0.5) is 4.39 Å². The lowest BCUT2D eigenvalue weighted by Crippen LogP contribution is -2.23. The molecular weight excluding hydrogens is 245 g/mol. The minimum Gasteiger partial charge on any atom is -0.478 e. The van der Waals surface area contributed by atoms with Gasteiger partial charge in [-0.1, -0.05) is 12.2 Å². The van der Waals surface area contributed by atoms with E-state index in [1.54, 1.807) is 0 Å². The van der Waals surface area contributed by atoms with Crippen LogP contribution in [-0.4, -0.2) is 17.6 Å². The maximum atomic E-state index is 13.6. The molecule has 19 heavy (non-hydrogen) atoms. The van der Waals surface area contributed by atoms with E-state index in [2.05, 4.69) is 17.5 Å². The zero-order valence-electron chi connectivity index (χ0n) is 10.7. The zero-order valence-corrected chi connectivity index (χ0v) is 10.7. The van der Waals surface area contributed by atoms with Gasteiger partial charge in [0.05, 0.1) is 5.56 Å². The van der Waals surface area contributed by atoms with Gasteiger partial charge < -0.3 is 10.4 Å². The second-order valence-corrected chi connectivity index (χ2v) is 4.89. The Morgan fingerprint density at radius 1 is 1.42 bits per heavy atom. The molecule has 1 aromatic rings. The minimum absolute atomic E-state index is 0.124. The number of hydrogen-bond donors (Lipinski definition) is 2. The Kier molecular flexibility index (Phi) is 4.68. The number of carbonyl (C=O) groups is 1. The van der Waals surface area contributed by atoms with Crippen molar-refractivity contribution in [2.45, 2.75) is 25.8 Å². The summed E-state index contributed by atoms with van der Waals surface area (Å²) in [4.78, 5) is 10.8. The Morgan fingerprint density at radius 2 is 2.26 bits per heavy atom. The van der Waals surface area contributed by atoms with Gasteiger partial charge in [0.15, 0.2) is 0 Å². The van der Waals surface area contributed by atoms with Crippen molar-refractivity contribution in [1.29, 1.82) is 0 Å². The molecule has 0 saturated heterocycles. The van der Waals surface area contributed by atoms with Crippen LogP contribution >= 0.6 is 0 Å². The monoisotopic (exact) mass is 263 g/mol. The van der Waals surface area contributed by atoms with Gasteiger partial charge in [0, 0.05) is 12.1 Å². The van der Waals surface area contributed by atoms with Crippen LogP contribution in [0.3, 0.4) is 0 Å². The molecule has 3 nitrogen and oxygen atoms in total. The van der Waals surface area contributed by atoms with E-state index >= 15 is 0 Å². The van der Waals surface area contributed by atoms with E-state index in [1.165, 1.54) is 18.2 Å². The molecule has 102 valence electrons. The number of hydrogen-bond acceptors (Lipinski definition) is 2. The molecular formula is C15H18FNO2. The van der Waals surface area contributed by atoms with Crippen LogP contribution < -0.4 is 5.32 Å². The van der Waals surface area contributed by atoms with Crippen LogP contribution in [0.2, 0.25) is 0 Å². The Hall–Kier alpha value is -1.68. The normalized spacial score (nSPS) is 18.5. The van der Waals surface area contributed by atoms with E-state index in [-0.39, 0.29) is 11.4 Å². The molecule has 0 radical (unpaired) electrons.